The number of aliphatic hydroxyl groups is 1. The van der Waals surface area contributed by atoms with Crippen LogP contribution in [-0.2, 0) is 27.8 Å². The van der Waals surface area contributed by atoms with Crippen LogP contribution in [0.1, 0.15) is 10.4 Å². The second kappa shape index (κ2) is 7.04. The Morgan fingerprint density at radius 1 is 1.24 bits per heavy atom. The van der Waals surface area contributed by atoms with Crippen molar-refractivity contribution in [2.45, 2.75) is 17.2 Å². The minimum Gasteiger partial charge on any atom is -0.391 e. The van der Waals surface area contributed by atoms with Crippen LogP contribution >= 0.6 is 11.3 Å². The fourth-order valence-corrected chi connectivity index (χ4v) is 4.15. The molecule has 21 heavy (non-hydrogen) atoms. The van der Waals surface area contributed by atoms with Crippen LogP contribution in [0.25, 0.3) is 0 Å². The van der Waals surface area contributed by atoms with Crippen molar-refractivity contribution in [2.75, 3.05) is 18.4 Å². The van der Waals surface area contributed by atoms with E-state index in [1.807, 2.05) is 12.1 Å². The van der Waals surface area contributed by atoms with Crippen molar-refractivity contribution < 1.29 is 18.3 Å². The SMILES string of the molecule is COCCc1ccccc1NS(=O)(=O)c1ccc(CO)s1. The third kappa shape index (κ3) is 4.04. The summed E-state index contributed by atoms with van der Waals surface area (Å²) in [4.78, 5) is 0.614. The second-order valence-electron chi connectivity index (χ2n) is 4.38. The highest BCUT2D eigenvalue weighted by Crippen LogP contribution is 2.25. The number of sulfonamides is 1. The van der Waals surface area contributed by atoms with Gasteiger partial charge in [-0.3, -0.25) is 4.72 Å². The van der Waals surface area contributed by atoms with E-state index in [2.05, 4.69) is 4.72 Å². The summed E-state index contributed by atoms with van der Waals surface area (Å²) in [5.74, 6) is 0. The van der Waals surface area contributed by atoms with Gasteiger partial charge in [-0.05, 0) is 30.2 Å². The number of ether oxygens (including phenoxy) is 1. The molecule has 2 rings (SSSR count). The zero-order valence-corrected chi connectivity index (χ0v) is 13.2. The van der Waals surface area contributed by atoms with Gasteiger partial charge in [-0.25, -0.2) is 8.42 Å². The van der Waals surface area contributed by atoms with E-state index in [0.29, 0.717) is 23.6 Å². The number of hydrogen-bond donors (Lipinski definition) is 2. The molecule has 0 saturated heterocycles. The molecule has 2 aromatic rings. The van der Waals surface area contributed by atoms with Gasteiger partial charge in [0.2, 0.25) is 0 Å². The van der Waals surface area contributed by atoms with Gasteiger partial charge in [0.05, 0.1) is 18.9 Å². The molecule has 0 atom stereocenters. The number of anilines is 1. The minimum absolute atomic E-state index is 0.162. The Morgan fingerprint density at radius 2 is 2.00 bits per heavy atom. The maximum absolute atomic E-state index is 12.3. The predicted octanol–water partition coefficient (Wildman–Crippen LogP) is 2.23. The largest absolute Gasteiger partial charge is 0.391 e. The summed E-state index contributed by atoms with van der Waals surface area (Å²) >= 11 is 1.06. The molecule has 0 aliphatic rings. The lowest BCUT2D eigenvalue weighted by Gasteiger charge is -2.11. The Bertz CT molecular complexity index is 695. The van der Waals surface area contributed by atoms with Gasteiger partial charge in [0, 0.05) is 12.0 Å². The Labute approximate surface area is 128 Å². The molecular formula is C14H17NO4S2. The second-order valence-corrected chi connectivity index (χ2v) is 7.46. The maximum Gasteiger partial charge on any atom is 0.271 e. The van der Waals surface area contributed by atoms with Crippen LogP contribution in [0.4, 0.5) is 5.69 Å². The molecule has 0 aliphatic carbocycles. The van der Waals surface area contributed by atoms with E-state index in [4.69, 9.17) is 9.84 Å². The molecule has 114 valence electrons. The first-order valence-corrected chi connectivity index (χ1v) is 8.66. The van der Waals surface area contributed by atoms with Crippen molar-refractivity contribution in [2.24, 2.45) is 0 Å². The number of nitrogens with one attached hydrogen (secondary N) is 1. The van der Waals surface area contributed by atoms with Crippen LogP contribution in [-0.4, -0.2) is 27.2 Å². The number of methoxy groups -OCH3 is 1. The van der Waals surface area contributed by atoms with Crippen LogP contribution in [0.2, 0.25) is 0 Å². The number of thiophene rings is 1. The molecule has 5 nitrogen and oxygen atoms in total. The first kappa shape index (κ1) is 16.0. The summed E-state index contributed by atoms with van der Waals surface area (Å²) in [5, 5.41) is 9.03. The van der Waals surface area contributed by atoms with E-state index < -0.39 is 10.0 Å². The lowest BCUT2D eigenvalue weighted by Crippen LogP contribution is -2.13. The van der Waals surface area contributed by atoms with Gasteiger partial charge in [0.15, 0.2) is 0 Å². The molecule has 0 aliphatic heterocycles. The number of benzene rings is 1. The Hall–Kier alpha value is -1.41. The van der Waals surface area contributed by atoms with Gasteiger partial charge in [-0.1, -0.05) is 18.2 Å². The van der Waals surface area contributed by atoms with Crippen molar-refractivity contribution in [3.8, 4) is 0 Å². The highest BCUT2D eigenvalue weighted by Gasteiger charge is 2.18. The van der Waals surface area contributed by atoms with Gasteiger partial charge in [-0.2, -0.15) is 0 Å². The fourth-order valence-electron chi connectivity index (χ4n) is 1.83. The first-order valence-electron chi connectivity index (χ1n) is 6.36. The smallest absolute Gasteiger partial charge is 0.271 e. The summed E-state index contributed by atoms with van der Waals surface area (Å²) in [6, 6.07) is 10.3. The average Bonchev–Trinajstić information content (AvgIpc) is 2.96. The summed E-state index contributed by atoms with van der Waals surface area (Å²) in [7, 11) is -2.03. The van der Waals surface area contributed by atoms with Gasteiger partial charge < -0.3 is 9.84 Å². The van der Waals surface area contributed by atoms with E-state index in [0.717, 1.165) is 16.9 Å². The highest BCUT2D eigenvalue weighted by atomic mass is 32.2. The molecule has 2 N–H and O–H groups in total. The maximum atomic E-state index is 12.3. The summed E-state index contributed by atoms with van der Waals surface area (Å²) in [6.45, 7) is 0.358. The lowest BCUT2D eigenvalue weighted by molar-refractivity contribution is 0.202. The predicted molar refractivity (Wildman–Crippen MR) is 83.1 cm³/mol. The molecular weight excluding hydrogens is 310 g/mol. The number of aliphatic hydroxyl groups excluding tert-OH is 1. The number of hydrogen-bond acceptors (Lipinski definition) is 5. The zero-order valence-electron chi connectivity index (χ0n) is 11.6. The van der Waals surface area contributed by atoms with Crippen LogP contribution in [0.5, 0.6) is 0 Å². The Balaban J connectivity index is 2.24. The molecule has 0 saturated carbocycles. The van der Waals surface area contributed by atoms with Crippen LogP contribution in [0, 0.1) is 0 Å². The number of rotatable bonds is 7. The third-order valence-electron chi connectivity index (χ3n) is 2.89. The molecule has 0 radical (unpaired) electrons. The Kier molecular flexibility index (Phi) is 5.35. The molecule has 0 spiro atoms. The molecule has 0 amide bonds. The summed E-state index contributed by atoms with van der Waals surface area (Å²) in [6.07, 6.45) is 0.627. The summed E-state index contributed by atoms with van der Waals surface area (Å²) < 4.78 is 32.5. The minimum atomic E-state index is -3.63. The topological polar surface area (TPSA) is 75.6 Å². The van der Waals surface area contributed by atoms with Crippen LogP contribution in [0.15, 0.2) is 40.6 Å². The number of para-hydroxylation sites is 1. The van der Waals surface area contributed by atoms with Gasteiger partial charge in [-0.15, -0.1) is 11.3 Å². The summed E-state index contributed by atoms with van der Waals surface area (Å²) in [5.41, 5.74) is 1.43. The lowest BCUT2D eigenvalue weighted by atomic mass is 10.1. The van der Waals surface area contributed by atoms with Crippen molar-refractivity contribution in [1.29, 1.82) is 0 Å². The van der Waals surface area contributed by atoms with Gasteiger partial charge in [0.1, 0.15) is 4.21 Å². The van der Waals surface area contributed by atoms with Crippen LogP contribution < -0.4 is 4.72 Å². The standard InChI is InChI=1S/C14H17NO4S2/c1-19-9-8-11-4-2-3-5-13(11)15-21(17,18)14-7-6-12(10-16)20-14/h2-7,15-16H,8-10H2,1H3. The van der Waals surface area contributed by atoms with Crippen molar-refractivity contribution >= 4 is 27.0 Å². The first-order chi connectivity index (χ1) is 10.1. The fraction of sp³-hybridized carbons (Fsp3) is 0.286. The molecule has 0 fully saturated rings. The van der Waals surface area contributed by atoms with Gasteiger partial charge >= 0.3 is 0 Å². The van der Waals surface area contributed by atoms with E-state index in [1.165, 1.54) is 6.07 Å². The quantitative estimate of drug-likeness (QED) is 0.818. The van der Waals surface area contributed by atoms with E-state index in [1.54, 1.807) is 25.3 Å². The molecule has 0 bridgehead atoms. The van der Waals surface area contributed by atoms with Crippen molar-refractivity contribution in [1.82, 2.24) is 0 Å². The van der Waals surface area contributed by atoms with E-state index >= 15 is 0 Å². The Morgan fingerprint density at radius 3 is 2.67 bits per heavy atom. The molecule has 1 heterocycles. The van der Waals surface area contributed by atoms with Crippen LogP contribution in [0.3, 0.4) is 0 Å². The zero-order chi connectivity index (χ0) is 15.3. The molecule has 1 aromatic carbocycles. The normalized spacial score (nSPS) is 11.5. The average molecular weight is 327 g/mol. The molecule has 7 heteroatoms. The van der Waals surface area contributed by atoms with E-state index in [-0.39, 0.29) is 10.8 Å². The highest BCUT2D eigenvalue weighted by molar-refractivity contribution is 7.94. The van der Waals surface area contributed by atoms with E-state index in [9.17, 15) is 8.42 Å². The monoisotopic (exact) mass is 327 g/mol. The van der Waals surface area contributed by atoms with Gasteiger partial charge in [0.25, 0.3) is 10.0 Å². The van der Waals surface area contributed by atoms with Crippen molar-refractivity contribution in [3.05, 3.63) is 46.8 Å². The van der Waals surface area contributed by atoms with Crippen molar-refractivity contribution in [3.63, 3.8) is 0 Å². The third-order valence-corrected chi connectivity index (χ3v) is 5.82. The molecule has 1 aromatic heterocycles. The molecule has 0 unspecified atom stereocenters.